The van der Waals surface area contributed by atoms with E-state index in [0.29, 0.717) is 30.6 Å². The number of hydrogen-bond acceptors (Lipinski definition) is 11. The number of carbonyl (C=O) groups is 5. The van der Waals surface area contributed by atoms with Gasteiger partial charge in [-0.25, -0.2) is 14.6 Å². The van der Waals surface area contributed by atoms with Crippen LogP contribution in [-0.4, -0.2) is 89.2 Å². The van der Waals surface area contributed by atoms with Crippen LogP contribution in [0.2, 0.25) is 0 Å². The second kappa shape index (κ2) is 13.6. The third kappa shape index (κ3) is 6.00. The number of fused-ring (bicyclic) bond motifs is 3. The minimum absolute atomic E-state index is 0.0658. The molecule has 1 unspecified atom stereocenters. The van der Waals surface area contributed by atoms with E-state index in [1.807, 2.05) is 64.2 Å². The van der Waals surface area contributed by atoms with Crippen molar-refractivity contribution < 1.29 is 28.7 Å². The van der Waals surface area contributed by atoms with E-state index < -0.39 is 29.7 Å². The van der Waals surface area contributed by atoms with Crippen molar-refractivity contribution in [3.05, 3.63) is 95.3 Å². The lowest BCUT2D eigenvalue weighted by Crippen LogP contribution is -2.54. The number of amides is 5. The molecule has 2 saturated heterocycles. The largest absolute Gasteiger partial charge is 0.457 e. The number of nitrogens with zero attached hydrogens (tertiary/aromatic N) is 7. The fraction of sp³-hybridized carbons (Fsp3) is 0.333. The molecule has 10 rings (SSSR count). The van der Waals surface area contributed by atoms with E-state index in [0.717, 1.165) is 82.9 Å². The minimum atomic E-state index is -1.01. The maximum atomic E-state index is 13.7. The number of hydrogen-bond donors (Lipinski definition) is 2. The fourth-order valence-corrected chi connectivity index (χ4v) is 9.12. The van der Waals surface area contributed by atoms with Gasteiger partial charge < -0.3 is 20.3 Å². The Balaban J connectivity index is 0.758. The van der Waals surface area contributed by atoms with Gasteiger partial charge in [-0.3, -0.25) is 34.2 Å². The second-order valence-electron chi connectivity index (χ2n) is 15.6. The molecule has 2 aromatic heterocycles. The molecule has 4 aliphatic heterocycles. The van der Waals surface area contributed by atoms with Gasteiger partial charge in [-0.2, -0.15) is 5.10 Å². The Morgan fingerprint density at radius 2 is 1.47 bits per heavy atom. The number of carbonyl (C=O) groups excluding carboxylic acids is 5. The molecule has 5 aromatic rings. The van der Waals surface area contributed by atoms with Gasteiger partial charge in [-0.15, -0.1) is 0 Å². The molecular weight excluding hydrogens is 727 g/mol. The first-order chi connectivity index (χ1) is 27.7. The van der Waals surface area contributed by atoms with E-state index in [-0.39, 0.29) is 41.8 Å². The molecule has 1 atom stereocenters. The molecule has 0 spiro atoms. The van der Waals surface area contributed by atoms with E-state index in [9.17, 15) is 24.0 Å². The minimum Gasteiger partial charge on any atom is -0.457 e. The number of nitrogens with two attached hydrogens (primary N) is 1. The van der Waals surface area contributed by atoms with Gasteiger partial charge in [0.15, 0.2) is 5.65 Å². The molecule has 1 saturated carbocycles. The smallest absolute Gasteiger partial charge is 0.262 e. The summed E-state index contributed by atoms with van der Waals surface area (Å²) in [7, 11) is 0. The van der Waals surface area contributed by atoms with Crippen molar-refractivity contribution in [1.82, 2.24) is 39.8 Å². The molecule has 5 amide bonds. The summed E-state index contributed by atoms with van der Waals surface area (Å²) in [6, 6.07) is 20.2. The highest BCUT2D eigenvalue weighted by atomic mass is 16.5. The van der Waals surface area contributed by atoms with Gasteiger partial charge >= 0.3 is 0 Å². The lowest BCUT2D eigenvalue weighted by atomic mass is 9.77. The van der Waals surface area contributed by atoms with Crippen molar-refractivity contribution in [2.45, 2.75) is 69.7 Å². The standard InChI is InChI=1S/C42H39N9O6/c43-37-35-36(23-6-8-30(9-7-23)57-29-4-2-1-3-5-29)47-51(38(35)45-22-44-37)27-12-14-48(15-13-27)28-16-24(17-28)40(54)49-20-25-18-31-32(19-26(25)21-49)42(56)50(41(31)55)33-10-11-34(52)46-39(33)53/h1-9,18-19,22,24,27-28,33H,10-17,20-21H2,(H2,43,44,45)(H,46,52,53). The first kappa shape index (κ1) is 35.0. The normalized spacial score (nSPS) is 22.4. The molecule has 5 aliphatic rings. The SMILES string of the molecule is Nc1ncnc2c1c(-c1ccc(Oc3ccccc3)cc1)nn2C1CCN(C2CC(C(=O)N3Cc4cc5c(cc4C3)C(=O)N(C3CCC(=O)NC3=O)C5=O)C2)CC1. The number of piperidine rings is 2. The number of aromatic nitrogens is 4. The number of benzene rings is 3. The summed E-state index contributed by atoms with van der Waals surface area (Å²) >= 11 is 0. The Morgan fingerprint density at radius 1 is 0.807 bits per heavy atom. The topological polar surface area (TPSA) is 186 Å². The van der Waals surface area contributed by atoms with Crippen LogP contribution in [0.3, 0.4) is 0 Å². The van der Waals surface area contributed by atoms with Gasteiger partial charge in [-0.05, 0) is 91.8 Å². The van der Waals surface area contributed by atoms with Crippen molar-refractivity contribution in [1.29, 1.82) is 0 Å². The number of nitrogen functional groups attached to an aromatic ring is 1. The lowest BCUT2D eigenvalue weighted by molar-refractivity contribution is -0.141. The molecule has 15 nitrogen and oxygen atoms in total. The number of rotatable bonds is 7. The Labute approximate surface area is 326 Å². The number of nitrogens with one attached hydrogen (secondary N) is 1. The van der Waals surface area contributed by atoms with Gasteiger partial charge in [0.25, 0.3) is 11.8 Å². The molecule has 57 heavy (non-hydrogen) atoms. The maximum Gasteiger partial charge on any atom is 0.262 e. The molecule has 1 aliphatic carbocycles. The number of likely N-dealkylation sites (tertiary alicyclic amines) is 1. The van der Waals surface area contributed by atoms with Gasteiger partial charge in [-0.1, -0.05) is 18.2 Å². The first-order valence-corrected chi connectivity index (χ1v) is 19.4. The third-order valence-electron chi connectivity index (χ3n) is 12.2. The van der Waals surface area contributed by atoms with Gasteiger partial charge in [0.05, 0.1) is 22.6 Å². The summed E-state index contributed by atoms with van der Waals surface area (Å²) in [6.45, 7) is 2.48. The molecule has 3 aromatic carbocycles. The predicted octanol–water partition coefficient (Wildman–Crippen LogP) is 4.23. The monoisotopic (exact) mass is 765 g/mol. The zero-order valence-electron chi connectivity index (χ0n) is 31.0. The summed E-state index contributed by atoms with van der Waals surface area (Å²) < 4.78 is 8.00. The summed E-state index contributed by atoms with van der Waals surface area (Å²) in [6.07, 6.45) is 4.98. The molecule has 3 N–H and O–H groups in total. The Hall–Kier alpha value is -6.48. The summed E-state index contributed by atoms with van der Waals surface area (Å²) in [5.41, 5.74) is 10.9. The van der Waals surface area contributed by atoms with Crippen LogP contribution in [0.4, 0.5) is 5.82 Å². The number of imide groups is 2. The second-order valence-corrected chi connectivity index (χ2v) is 15.6. The van der Waals surface area contributed by atoms with Crippen molar-refractivity contribution in [2.75, 3.05) is 18.8 Å². The van der Waals surface area contributed by atoms with Crippen LogP contribution in [0, 0.1) is 5.92 Å². The van der Waals surface area contributed by atoms with E-state index in [2.05, 4.69) is 20.2 Å². The van der Waals surface area contributed by atoms with Crippen LogP contribution in [0.15, 0.2) is 73.1 Å². The molecule has 0 bridgehead atoms. The highest BCUT2D eigenvalue weighted by Crippen LogP contribution is 2.40. The van der Waals surface area contributed by atoms with E-state index in [4.69, 9.17) is 15.6 Å². The van der Waals surface area contributed by atoms with Crippen LogP contribution in [0.5, 0.6) is 11.5 Å². The Bertz CT molecular complexity index is 2440. The molecule has 3 fully saturated rings. The summed E-state index contributed by atoms with van der Waals surface area (Å²) in [5.74, 6) is -0.256. The van der Waals surface area contributed by atoms with Crippen molar-refractivity contribution >= 4 is 46.4 Å². The van der Waals surface area contributed by atoms with Gasteiger partial charge in [0.2, 0.25) is 17.7 Å². The summed E-state index contributed by atoms with van der Waals surface area (Å²) in [4.78, 5) is 78.6. The fourth-order valence-electron chi connectivity index (χ4n) is 9.12. The molecular formula is C42H39N9O6. The van der Waals surface area contributed by atoms with Crippen molar-refractivity contribution in [3.8, 4) is 22.8 Å². The zero-order valence-corrected chi connectivity index (χ0v) is 31.0. The Morgan fingerprint density at radius 3 is 2.14 bits per heavy atom. The average Bonchev–Trinajstić information content (AvgIpc) is 3.87. The number of ether oxygens (including phenoxy) is 1. The average molecular weight is 766 g/mol. The third-order valence-corrected chi connectivity index (χ3v) is 12.2. The number of anilines is 1. The molecule has 288 valence electrons. The van der Waals surface area contributed by atoms with Crippen molar-refractivity contribution in [3.63, 3.8) is 0 Å². The quantitative estimate of drug-likeness (QED) is 0.226. The van der Waals surface area contributed by atoms with Gasteiger partial charge in [0, 0.05) is 50.1 Å². The highest BCUT2D eigenvalue weighted by Gasteiger charge is 2.46. The van der Waals surface area contributed by atoms with E-state index in [1.54, 1.807) is 12.1 Å². The predicted molar refractivity (Wildman–Crippen MR) is 205 cm³/mol. The molecule has 0 radical (unpaired) electrons. The molecule has 6 heterocycles. The highest BCUT2D eigenvalue weighted by molar-refractivity contribution is 6.23. The van der Waals surface area contributed by atoms with Gasteiger partial charge in [0.1, 0.15) is 35.4 Å². The van der Waals surface area contributed by atoms with Crippen LogP contribution in [-0.2, 0) is 27.5 Å². The maximum absolute atomic E-state index is 13.7. The number of para-hydroxylation sites is 1. The first-order valence-electron chi connectivity index (χ1n) is 19.4. The molecule has 15 heteroatoms. The Kier molecular flexibility index (Phi) is 8.36. The van der Waals surface area contributed by atoms with Crippen LogP contribution in [0.1, 0.15) is 76.4 Å². The van der Waals surface area contributed by atoms with Crippen LogP contribution in [0.25, 0.3) is 22.3 Å². The zero-order chi connectivity index (χ0) is 38.9. The van der Waals surface area contributed by atoms with E-state index >= 15 is 0 Å². The lowest BCUT2D eigenvalue weighted by Gasteiger charge is -2.45. The van der Waals surface area contributed by atoms with Crippen LogP contribution < -0.4 is 15.8 Å². The van der Waals surface area contributed by atoms with Crippen molar-refractivity contribution in [2.24, 2.45) is 5.92 Å². The van der Waals surface area contributed by atoms with E-state index in [1.165, 1.54) is 6.33 Å². The van der Waals surface area contributed by atoms with Crippen LogP contribution >= 0.6 is 0 Å². The summed E-state index contributed by atoms with van der Waals surface area (Å²) in [5, 5.41) is 8.03.